The highest BCUT2D eigenvalue weighted by molar-refractivity contribution is 7.89. The van der Waals surface area contributed by atoms with Crippen LogP contribution in [0.4, 0.5) is 0 Å². The lowest BCUT2D eigenvalue weighted by Gasteiger charge is -2.13. The maximum absolute atomic E-state index is 12.0. The van der Waals surface area contributed by atoms with Gasteiger partial charge in [-0.3, -0.25) is 0 Å². The number of aryl methyl sites for hydroxylation is 1. The fourth-order valence-corrected chi connectivity index (χ4v) is 2.79. The van der Waals surface area contributed by atoms with Gasteiger partial charge in [0.25, 0.3) is 0 Å². The van der Waals surface area contributed by atoms with Crippen molar-refractivity contribution in [3.8, 4) is 0 Å². The molecule has 106 valence electrons. The normalized spacial score (nSPS) is 14.3. The molecule has 1 aromatic carbocycles. The summed E-state index contributed by atoms with van der Waals surface area (Å²) in [5.41, 5.74) is 6.43. The number of rotatable bonds is 6. The number of hydrogen-bond donors (Lipinski definition) is 3. The van der Waals surface area contributed by atoms with E-state index in [0.717, 1.165) is 18.4 Å². The van der Waals surface area contributed by atoms with Crippen LogP contribution >= 0.6 is 0 Å². The molecule has 0 aliphatic carbocycles. The fourth-order valence-electron chi connectivity index (χ4n) is 1.57. The first-order chi connectivity index (χ1) is 8.90. The Balaban J connectivity index is 2.88. The number of benzene rings is 1. The monoisotopic (exact) mass is 285 g/mol. The van der Waals surface area contributed by atoms with Gasteiger partial charge in [0.05, 0.1) is 10.9 Å². The number of oxime groups is 1. The molecule has 0 fully saturated rings. The molecule has 4 N–H and O–H groups in total. The SMILES string of the molecule is CCCc1ccc(S(=O)(=O)NC(C)/C(N)=N/O)cc1. The lowest BCUT2D eigenvalue weighted by atomic mass is 10.1. The van der Waals surface area contributed by atoms with E-state index in [1.165, 1.54) is 6.92 Å². The van der Waals surface area contributed by atoms with Crippen molar-refractivity contribution in [1.29, 1.82) is 0 Å². The molecule has 1 atom stereocenters. The molecule has 0 radical (unpaired) electrons. The molecule has 6 nitrogen and oxygen atoms in total. The van der Waals surface area contributed by atoms with Gasteiger partial charge < -0.3 is 10.9 Å². The first-order valence-corrected chi connectivity index (χ1v) is 7.47. The van der Waals surface area contributed by atoms with Gasteiger partial charge in [-0.05, 0) is 31.0 Å². The van der Waals surface area contributed by atoms with Crippen molar-refractivity contribution < 1.29 is 13.6 Å². The van der Waals surface area contributed by atoms with E-state index in [0.29, 0.717) is 0 Å². The van der Waals surface area contributed by atoms with Crippen LogP contribution in [0.25, 0.3) is 0 Å². The molecule has 0 spiro atoms. The van der Waals surface area contributed by atoms with Crippen LogP contribution in [0.1, 0.15) is 25.8 Å². The van der Waals surface area contributed by atoms with Crippen molar-refractivity contribution in [1.82, 2.24) is 4.72 Å². The smallest absolute Gasteiger partial charge is 0.241 e. The van der Waals surface area contributed by atoms with E-state index in [2.05, 4.69) is 16.8 Å². The van der Waals surface area contributed by atoms with E-state index in [1.54, 1.807) is 24.3 Å². The molecule has 0 amide bonds. The van der Waals surface area contributed by atoms with Crippen molar-refractivity contribution in [3.05, 3.63) is 29.8 Å². The Labute approximate surface area is 113 Å². The number of hydrogen-bond acceptors (Lipinski definition) is 4. The molecule has 0 saturated carbocycles. The maximum Gasteiger partial charge on any atom is 0.241 e. The lowest BCUT2D eigenvalue weighted by Crippen LogP contribution is -2.42. The van der Waals surface area contributed by atoms with Gasteiger partial charge in [-0.25, -0.2) is 13.1 Å². The zero-order valence-corrected chi connectivity index (χ0v) is 11.8. The molecular formula is C12H19N3O3S. The van der Waals surface area contributed by atoms with Crippen LogP contribution in [0.3, 0.4) is 0 Å². The standard InChI is InChI=1S/C12H19N3O3S/c1-3-4-10-5-7-11(8-6-10)19(17,18)15-9(2)12(13)14-16/h5-9,15-16H,3-4H2,1-2H3,(H2,13,14). The highest BCUT2D eigenvalue weighted by Gasteiger charge is 2.19. The zero-order chi connectivity index (χ0) is 14.5. The quantitative estimate of drug-likeness (QED) is 0.314. The summed E-state index contributed by atoms with van der Waals surface area (Å²) in [6.45, 7) is 3.56. The Morgan fingerprint density at radius 2 is 2.00 bits per heavy atom. The van der Waals surface area contributed by atoms with Crippen molar-refractivity contribution in [3.63, 3.8) is 0 Å². The number of nitrogens with zero attached hydrogens (tertiary/aromatic N) is 1. The highest BCUT2D eigenvalue weighted by atomic mass is 32.2. The Hall–Kier alpha value is -1.60. The summed E-state index contributed by atoms with van der Waals surface area (Å²) in [5.74, 6) is -0.189. The second-order valence-corrected chi connectivity index (χ2v) is 5.98. The van der Waals surface area contributed by atoms with Gasteiger partial charge >= 0.3 is 0 Å². The van der Waals surface area contributed by atoms with Crippen molar-refractivity contribution in [2.24, 2.45) is 10.9 Å². The van der Waals surface area contributed by atoms with E-state index in [9.17, 15) is 8.42 Å². The average molecular weight is 285 g/mol. The molecular weight excluding hydrogens is 266 g/mol. The topological polar surface area (TPSA) is 105 Å². The van der Waals surface area contributed by atoms with E-state index in [-0.39, 0.29) is 10.7 Å². The van der Waals surface area contributed by atoms with Gasteiger partial charge in [-0.2, -0.15) is 0 Å². The Kier molecular flexibility index (Phi) is 5.31. The summed E-state index contributed by atoms with van der Waals surface area (Å²) < 4.78 is 26.4. The van der Waals surface area contributed by atoms with Gasteiger partial charge in [0.2, 0.25) is 10.0 Å². The van der Waals surface area contributed by atoms with E-state index in [1.807, 2.05) is 0 Å². The molecule has 1 rings (SSSR count). The molecule has 1 unspecified atom stereocenters. The molecule has 0 saturated heterocycles. The van der Waals surface area contributed by atoms with Gasteiger partial charge in [-0.15, -0.1) is 0 Å². The van der Waals surface area contributed by atoms with Crippen molar-refractivity contribution >= 4 is 15.9 Å². The molecule has 0 heterocycles. The van der Waals surface area contributed by atoms with Gasteiger partial charge in [0.1, 0.15) is 0 Å². The van der Waals surface area contributed by atoms with Crippen LogP contribution in [-0.2, 0) is 16.4 Å². The molecule has 7 heteroatoms. The third-order valence-electron chi connectivity index (χ3n) is 2.66. The summed E-state index contributed by atoms with van der Waals surface area (Å²) in [7, 11) is -3.67. The average Bonchev–Trinajstić information content (AvgIpc) is 2.38. The largest absolute Gasteiger partial charge is 0.409 e. The van der Waals surface area contributed by atoms with Gasteiger partial charge in [-0.1, -0.05) is 30.6 Å². The Morgan fingerprint density at radius 1 is 1.42 bits per heavy atom. The summed E-state index contributed by atoms with van der Waals surface area (Å²) in [4.78, 5) is 0.157. The molecule has 0 aromatic heterocycles. The lowest BCUT2D eigenvalue weighted by molar-refractivity contribution is 0.316. The minimum Gasteiger partial charge on any atom is -0.409 e. The first kappa shape index (κ1) is 15.5. The second-order valence-electron chi connectivity index (χ2n) is 4.26. The number of nitrogens with two attached hydrogens (primary N) is 1. The highest BCUT2D eigenvalue weighted by Crippen LogP contribution is 2.12. The van der Waals surface area contributed by atoms with Crippen LogP contribution in [0.5, 0.6) is 0 Å². The van der Waals surface area contributed by atoms with Crippen LogP contribution in [0.2, 0.25) is 0 Å². The summed E-state index contributed by atoms with van der Waals surface area (Å²) in [5, 5.41) is 11.3. The number of sulfonamides is 1. The fraction of sp³-hybridized carbons (Fsp3) is 0.417. The molecule has 1 aromatic rings. The summed E-state index contributed by atoms with van der Waals surface area (Å²) >= 11 is 0. The van der Waals surface area contributed by atoms with Crippen LogP contribution in [-0.4, -0.2) is 25.5 Å². The van der Waals surface area contributed by atoms with E-state index < -0.39 is 16.1 Å². The van der Waals surface area contributed by atoms with E-state index >= 15 is 0 Å². The predicted molar refractivity (Wildman–Crippen MR) is 73.6 cm³/mol. The summed E-state index contributed by atoms with van der Waals surface area (Å²) in [6.07, 6.45) is 1.92. The van der Waals surface area contributed by atoms with Crippen LogP contribution < -0.4 is 10.5 Å². The van der Waals surface area contributed by atoms with E-state index in [4.69, 9.17) is 10.9 Å². The van der Waals surface area contributed by atoms with Gasteiger partial charge in [0.15, 0.2) is 5.84 Å². The predicted octanol–water partition coefficient (Wildman–Crippen LogP) is 1.05. The minimum absolute atomic E-state index is 0.157. The molecule has 0 bridgehead atoms. The first-order valence-electron chi connectivity index (χ1n) is 5.99. The Bertz CT molecular complexity index is 538. The van der Waals surface area contributed by atoms with Crippen LogP contribution in [0, 0.1) is 0 Å². The maximum atomic E-state index is 12.0. The minimum atomic E-state index is -3.67. The van der Waals surface area contributed by atoms with Crippen LogP contribution in [0.15, 0.2) is 34.3 Å². The third kappa shape index (κ3) is 4.22. The second kappa shape index (κ2) is 6.53. The number of amidine groups is 1. The third-order valence-corrected chi connectivity index (χ3v) is 4.22. The summed E-state index contributed by atoms with van der Waals surface area (Å²) in [6, 6.07) is 5.89. The molecule has 0 aliphatic rings. The Morgan fingerprint density at radius 3 is 2.47 bits per heavy atom. The molecule has 19 heavy (non-hydrogen) atoms. The number of nitrogens with one attached hydrogen (secondary N) is 1. The van der Waals surface area contributed by atoms with Crippen molar-refractivity contribution in [2.45, 2.75) is 37.6 Å². The van der Waals surface area contributed by atoms with Gasteiger partial charge in [0, 0.05) is 0 Å². The van der Waals surface area contributed by atoms with Crippen molar-refractivity contribution in [2.75, 3.05) is 0 Å². The zero-order valence-electron chi connectivity index (χ0n) is 11.0. The molecule has 0 aliphatic heterocycles.